The van der Waals surface area contributed by atoms with E-state index in [-0.39, 0.29) is 5.78 Å². The van der Waals surface area contributed by atoms with Gasteiger partial charge in [0.1, 0.15) is 11.5 Å². The van der Waals surface area contributed by atoms with Gasteiger partial charge in [-0.15, -0.1) is 0 Å². The molecule has 1 aliphatic heterocycles. The first-order chi connectivity index (χ1) is 8.72. The number of Topliss-reactive ketones (excluding diaryl/α,β-unsaturated/α-hetero) is 1. The molecule has 1 heterocycles. The molecule has 0 spiro atoms. The first-order valence-electron chi connectivity index (χ1n) is 6.07. The van der Waals surface area contributed by atoms with Gasteiger partial charge in [-0.05, 0) is 24.5 Å². The zero-order chi connectivity index (χ0) is 13.0. The van der Waals surface area contributed by atoms with Crippen molar-refractivity contribution in [1.29, 1.82) is 0 Å². The molecule has 1 aliphatic rings. The Morgan fingerprint density at radius 2 is 1.94 bits per heavy atom. The highest BCUT2D eigenvalue weighted by molar-refractivity contribution is 5.97. The summed E-state index contributed by atoms with van der Waals surface area (Å²) in [6.07, 6.45) is 1.49. The molecule has 0 radical (unpaired) electrons. The van der Waals surface area contributed by atoms with Crippen LogP contribution in [0.1, 0.15) is 23.2 Å². The lowest BCUT2D eigenvalue weighted by Crippen LogP contribution is -2.09. The van der Waals surface area contributed by atoms with Crippen molar-refractivity contribution < 1.29 is 19.0 Å². The van der Waals surface area contributed by atoms with E-state index in [0.29, 0.717) is 36.0 Å². The standard InChI is InChI=1S/C14H18O4/c1-16-12-6-11(7-13(8-12)17-2)14(15)5-10-3-4-18-9-10/h6-8,10H,3-5,9H2,1-2H3. The third-order valence-electron chi connectivity index (χ3n) is 3.17. The Bertz CT molecular complexity index is 400. The molecule has 0 amide bonds. The Morgan fingerprint density at radius 1 is 1.28 bits per heavy atom. The van der Waals surface area contributed by atoms with Gasteiger partial charge in [-0.1, -0.05) is 0 Å². The maximum absolute atomic E-state index is 12.2. The van der Waals surface area contributed by atoms with E-state index < -0.39 is 0 Å². The van der Waals surface area contributed by atoms with Crippen LogP contribution in [0.25, 0.3) is 0 Å². The number of benzene rings is 1. The first kappa shape index (κ1) is 12.9. The SMILES string of the molecule is COc1cc(OC)cc(C(=O)CC2CCOC2)c1. The molecule has 4 heteroatoms. The third kappa shape index (κ3) is 3.01. The van der Waals surface area contributed by atoms with Crippen LogP contribution < -0.4 is 9.47 Å². The Labute approximate surface area is 107 Å². The van der Waals surface area contributed by atoms with Crippen LogP contribution in [-0.2, 0) is 4.74 Å². The molecule has 1 fully saturated rings. The van der Waals surface area contributed by atoms with Crippen LogP contribution in [0, 0.1) is 5.92 Å². The lowest BCUT2D eigenvalue weighted by molar-refractivity contribution is 0.0952. The topological polar surface area (TPSA) is 44.8 Å². The lowest BCUT2D eigenvalue weighted by atomic mass is 9.97. The molecule has 18 heavy (non-hydrogen) atoms. The normalized spacial score (nSPS) is 18.7. The van der Waals surface area contributed by atoms with E-state index in [0.717, 1.165) is 13.0 Å². The minimum Gasteiger partial charge on any atom is -0.497 e. The van der Waals surface area contributed by atoms with Crippen molar-refractivity contribution in [1.82, 2.24) is 0 Å². The zero-order valence-corrected chi connectivity index (χ0v) is 10.8. The summed E-state index contributed by atoms with van der Waals surface area (Å²) in [6.45, 7) is 1.45. The monoisotopic (exact) mass is 250 g/mol. The van der Waals surface area contributed by atoms with Crippen molar-refractivity contribution in [3.63, 3.8) is 0 Å². The number of ketones is 1. The molecule has 0 N–H and O–H groups in total. The van der Waals surface area contributed by atoms with Gasteiger partial charge in [0.2, 0.25) is 0 Å². The number of rotatable bonds is 5. The summed E-state index contributed by atoms with van der Waals surface area (Å²) in [7, 11) is 3.15. The van der Waals surface area contributed by atoms with E-state index >= 15 is 0 Å². The molecular weight excluding hydrogens is 232 g/mol. The molecule has 1 atom stereocenters. The van der Waals surface area contributed by atoms with Crippen molar-refractivity contribution in [3.05, 3.63) is 23.8 Å². The first-order valence-corrected chi connectivity index (χ1v) is 6.07. The second-order valence-electron chi connectivity index (χ2n) is 4.46. The maximum atomic E-state index is 12.2. The summed E-state index contributed by atoms with van der Waals surface area (Å²) >= 11 is 0. The molecule has 0 aromatic heterocycles. The number of methoxy groups -OCH3 is 2. The molecule has 0 aliphatic carbocycles. The largest absolute Gasteiger partial charge is 0.497 e. The van der Waals surface area contributed by atoms with Crippen molar-refractivity contribution in [3.8, 4) is 11.5 Å². The van der Waals surface area contributed by atoms with Crippen molar-refractivity contribution in [2.75, 3.05) is 27.4 Å². The summed E-state index contributed by atoms with van der Waals surface area (Å²) < 4.78 is 15.6. The van der Waals surface area contributed by atoms with E-state index in [1.165, 1.54) is 0 Å². The highest BCUT2D eigenvalue weighted by Gasteiger charge is 2.20. The quantitative estimate of drug-likeness (QED) is 0.752. The fraction of sp³-hybridized carbons (Fsp3) is 0.500. The Kier molecular flexibility index (Phi) is 4.20. The summed E-state index contributed by atoms with van der Waals surface area (Å²) in [5.41, 5.74) is 0.637. The summed E-state index contributed by atoms with van der Waals surface area (Å²) in [5, 5.41) is 0. The van der Waals surface area contributed by atoms with Gasteiger partial charge in [0.25, 0.3) is 0 Å². The molecule has 4 nitrogen and oxygen atoms in total. The van der Waals surface area contributed by atoms with E-state index in [2.05, 4.69) is 0 Å². The fourth-order valence-electron chi connectivity index (χ4n) is 2.09. The third-order valence-corrected chi connectivity index (χ3v) is 3.17. The molecule has 1 aromatic carbocycles. The zero-order valence-electron chi connectivity index (χ0n) is 10.8. The molecular formula is C14H18O4. The van der Waals surface area contributed by atoms with E-state index in [1.807, 2.05) is 0 Å². The molecule has 0 bridgehead atoms. The molecule has 1 unspecified atom stereocenters. The van der Waals surface area contributed by atoms with Gasteiger partial charge >= 0.3 is 0 Å². The molecule has 1 aromatic rings. The van der Waals surface area contributed by atoms with Crippen LogP contribution in [0.2, 0.25) is 0 Å². The number of hydrogen-bond acceptors (Lipinski definition) is 4. The Balaban J connectivity index is 2.12. The summed E-state index contributed by atoms with van der Waals surface area (Å²) in [5.74, 6) is 1.73. The summed E-state index contributed by atoms with van der Waals surface area (Å²) in [4.78, 5) is 12.2. The number of carbonyl (C=O) groups excluding carboxylic acids is 1. The maximum Gasteiger partial charge on any atom is 0.163 e. The van der Waals surface area contributed by atoms with Crippen LogP contribution in [0.5, 0.6) is 11.5 Å². The van der Waals surface area contributed by atoms with E-state index in [1.54, 1.807) is 32.4 Å². The van der Waals surface area contributed by atoms with Gasteiger partial charge in [0, 0.05) is 31.3 Å². The number of hydrogen-bond donors (Lipinski definition) is 0. The van der Waals surface area contributed by atoms with Gasteiger partial charge < -0.3 is 14.2 Å². The van der Waals surface area contributed by atoms with Crippen molar-refractivity contribution in [2.45, 2.75) is 12.8 Å². The minimum atomic E-state index is 0.114. The second-order valence-corrected chi connectivity index (χ2v) is 4.46. The number of carbonyl (C=O) groups is 1. The Morgan fingerprint density at radius 3 is 2.44 bits per heavy atom. The average Bonchev–Trinajstić information content (AvgIpc) is 2.90. The van der Waals surface area contributed by atoms with Gasteiger partial charge in [-0.2, -0.15) is 0 Å². The molecule has 2 rings (SSSR count). The van der Waals surface area contributed by atoms with Crippen LogP contribution >= 0.6 is 0 Å². The minimum absolute atomic E-state index is 0.114. The smallest absolute Gasteiger partial charge is 0.163 e. The molecule has 1 saturated heterocycles. The van der Waals surface area contributed by atoms with E-state index in [9.17, 15) is 4.79 Å². The fourth-order valence-corrected chi connectivity index (χ4v) is 2.09. The molecule has 0 saturated carbocycles. The summed E-state index contributed by atoms with van der Waals surface area (Å²) in [6, 6.07) is 5.26. The highest BCUT2D eigenvalue weighted by Crippen LogP contribution is 2.25. The van der Waals surface area contributed by atoms with Crippen LogP contribution in [-0.4, -0.2) is 33.2 Å². The number of ether oxygens (including phenoxy) is 3. The Hall–Kier alpha value is -1.55. The van der Waals surface area contributed by atoms with Gasteiger partial charge in [-0.25, -0.2) is 0 Å². The molecule has 98 valence electrons. The van der Waals surface area contributed by atoms with Gasteiger partial charge in [0.05, 0.1) is 14.2 Å². The second kappa shape index (κ2) is 5.87. The van der Waals surface area contributed by atoms with Gasteiger partial charge in [0.15, 0.2) is 5.78 Å². The highest BCUT2D eigenvalue weighted by atomic mass is 16.5. The predicted octanol–water partition coefficient (Wildman–Crippen LogP) is 2.31. The van der Waals surface area contributed by atoms with Gasteiger partial charge in [-0.3, -0.25) is 4.79 Å². The predicted molar refractivity (Wildman–Crippen MR) is 67.4 cm³/mol. The lowest BCUT2D eigenvalue weighted by Gasteiger charge is -2.09. The van der Waals surface area contributed by atoms with Crippen molar-refractivity contribution in [2.24, 2.45) is 5.92 Å². The van der Waals surface area contributed by atoms with Crippen LogP contribution in [0.15, 0.2) is 18.2 Å². The van der Waals surface area contributed by atoms with Crippen molar-refractivity contribution >= 4 is 5.78 Å². The van der Waals surface area contributed by atoms with Crippen LogP contribution in [0.3, 0.4) is 0 Å². The van der Waals surface area contributed by atoms with E-state index in [4.69, 9.17) is 14.2 Å². The van der Waals surface area contributed by atoms with Crippen LogP contribution in [0.4, 0.5) is 0 Å². The average molecular weight is 250 g/mol.